The van der Waals surface area contributed by atoms with E-state index in [9.17, 15) is 0 Å². The number of aromatic amines is 1. The minimum Gasteiger partial charge on any atom is -0.493 e. The number of aromatic nitrogens is 3. The van der Waals surface area contributed by atoms with Crippen molar-refractivity contribution < 1.29 is 18.9 Å². The summed E-state index contributed by atoms with van der Waals surface area (Å²) in [6.07, 6.45) is 0.770. The molecule has 140 valence electrons. The van der Waals surface area contributed by atoms with E-state index in [1.165, 1.54) is 0 Å². The Bertz CT molecular complexity index is 1030. The molecule has 0 aliphatic carbocycles. The van der Waals surface area contributed by atoms with Gasteiger partial charge in [0.1, 0.15) is 0 Å². The second-order valence-corrected chi connectivity index (χ2v) is 6.40. The molecule has 0 amide bonds. The highest BCUT2D eigenvalue weighted by atomic mass is 32.1. The first-order valence-electron chi connectivity index (χ1n) is 8.45. The van der Waals surface area contributed by atoms with Crippen LogP contribution in [-0.2, 0) is 13.0 Å². The summed E-state index contributed by atoms with van der Waals surface area (Å²) in [6, 6.07) is 11.6. The number of rotatable bonds is 6. The zero-order chi connectivity index (χ0) is 18.8. The van der Waals surface area contributed by atoms with Crippen LogP contribution in [-0.4, -0.2) is 35.8 Å². The molecule has 2 heterocycles. The maximum absolute atomic E-state index is 5.46. The molecule has 1 N–H and O–H groups in total. The molecule has 0 saturated carbocycles. The van der Waals surface area contributed by atoms with Gasteiger partial charge in [-0.05, 0) is 54.5 Å². The number of methoxy groups -OCH3 is 2. The molecule has 7 nitrogen and oxygen atoms in total. The highest BCUT2D eigenvalue weighted by Gasteiger charge is 2.17. The summed E-state index contributed by atoms with van der Waals surface area (Å²) in [7, 11) is 3.26. The van der Waals surface area contributed by atoms with Gasteiger partial charge < -0.3 is 18.9 Å². The van der Waals surface area contributed by atoms with Gasteiger partial charge in [-0.2, -0.15) is 5.10 Å². The minimum atomic E-state index is 0.241. The second-order valence-electron chi connectivity index (χ2n) is 6.01. The lowest BCUT2D eigenvalue weighted by atomic mass is 10.1. The summed E-state index contributed by atoms with van der Waals surface area (Å²) in [4.78, 5) is 0. The van der Waals surface area contributed by atoms with E-state index >= 15 is 0 Å². The third-order valence-electron chi connectivity index (χ3n) is 4.46. The Kier molecular flexibility index (Phi) is 4.72. The average Bonchev–Trinajstić information content (AvgIpc) is 3.31. The number of hydrogen-bond acceptors (Lipinski definition) is 6. The highest BCUT2D eigenvalue weighted by molar-refractivity contribution is 7.71. The van der Waals surface area contributed by atoms with Crippen LogP contribution in [0, 0.1) is 4.77 Å². The van der Waals surface area contributed by atoms with Crippen molar-refractivity contribution in [2.75, 3.05) is 21.0 Å². The van der Waals surface area contributed by atoms with Gasteiger partial charge in [-0.3, -0.25) is 9.67 Å². The normalized spacial score (nSPS) is 12.2. The standard InChI is InChI=1S/C19H19N3O4S/c1-23-14-5-3-12(9-16(14)24-2)7-8-22-18(20-21-19(22)27)13-4-6-15-17(10-13)26-11-25-15/h3-6,9-10H,7-8,11H2,1-2H3,(H,21,27). The number of H-pyrrole nitrogens is 1. The van der Waals surface area contributed by atoms with E-state index in [-0.39, 0.29) is 6.79 Å². The maximum atomic E-state index is 5.46. The zero-order valence-corrected chi connectivity index (χ0v) is 15.8. The molecule has 0 radical (unpaired) electrons. The number of benzene rings is 2. The van der Waals surface area contributed by atoms with Crippen molar-refractivity contribution in [3.05, 3.63) is 46.7 Å². The van der Waals surface area contributed by atoms with E-state index in [0.29, 0.717) is 28.6 Å². The Balaban J connectivity index is 1.59. The van der Waals surface area contributed by atoms with Gasteiger partial charge in [0.25, 0.3) is 0 Å². The predicted octanol–water partition coefficient (Wildman–Crippen LogP) is 3.60. The lowest BCUT2D eigenvalue weighted by Gasteiger charge is -2.11. The van der Waals surface area contributed by atoms with Gasteiger partial charge in [0.05, 0.1) is 14.2 Å². The molecule has 1 aromatic heterocycles. The van der Waals surface area contributed by atoms with Crippen LogP contribution in [0.4, 0.5) is 0 Å². The van der Waals surface area contributed by atoms with Gasteiger partial charge in [0, 0.05) is 12.1 Å². The molecule has 1 aliphatic rings. The number of nitrogens with one attached hydrogen (secondary N) is 1. The van der Waals surface area contributed by atoms with E-state index < -0.39 is 0 Å². The molecule has 1 aliphatic heterocycles. The number of ether oxygens (including phenoxy) is 4. The Morgan fingerprint density at radius 1 is 1.07 bits per heavy atom. The molecule has 0 atom stereocenters. The molecule has 0 bridgehead atoms. The molecule has 3 aromatic rings. The van der Waals surface area contributed by atoms with Crippen LogP contribution in [0.15, 0.2) is 36.4 Å². The summed E-state index contributed by atoms with van der Waals surface area (Å²) in [5.74, 6) is 3.64. The van der Waals surface area contributed by atoms with Crippen LogP contribution in [0.2, 0.25) is 0 Å². The molecule has 4 rings (SSSR count). The Morgan fingerprint density at radius 3 is 2.70 bits per heavy atom. The summed E-state index contributed by atoms with van der Waals surface area (Å²) < 4.78 is 24.0. The number of fused-ring (bicyclic) bond motifs is 1. The predicted molar refractivity (Wildman–Crippen MR) is 102 cm³/mol. The summed E-state index contributed by atoms with van der Waals surface area (Å²) in [5.41, 5.74) is 2.03. The lowest BCUT2D eigenvalue weighted by Crippen LogP contribution is -2.04. The van der Waals surface area contributed by atoms with Crippen molar-refractivity contribution in [1.82, 2.24) is 14.8 Å². The van der Waals surface area contributed by atoms with E-state index in [4.69, 9.17) is 31.2 Å². The SMILES string of the molecule is COc1ccc(CCn2c(-c3ccc4c(c3)OCO4)n[nH]c2=S)cc1OC. The number of hydrogen-bond donors (Lipinski definition) is 1. The summed E-state index contributed by atoms with van der Waals surface area (Å²) in [5, 5.41) is 7.27. The number of aryl methyl sites for hydroxylation is 1. The van der Waals surface area contributed by atoms with Crippen molar-refractivity contribution in [3.63, 3.8) is 0 Å². The monoisotopic (exact) mass is 385 g/mol. The van der Waals surface area contributed by atoms with E-state index in [1.54, 1.807) is 14.2 Å². The summed E-state index contributed by atoms with van der Waals surface area (Å²) in [6.45, 7) is 0.916. The smallest absolute Gasteiger partial charge is 0.231 e. The van der Waals surface area contributed by atoms with Crippen LogP contribution in [0.5, 0.6) is 23.0 Å². The van der Waals surface area contributed by atoms with Crippen LogP contribution in [0.25, 0.3) is 11.4 Å². The molecule has 0 fully saturated rings. The lowest BCUT2D eigenvalue weighted by molar-refractivity contribution is 0.174. The third-order valence-corrected chi connectivity index (χ3v) is 4.77. The minimum absolute atomic E-state index is 0.241. The van der Waals surface area contributed by atoms with Crippen molar-refractivity contribution in [2.24, 2.45) is 0 Å². The molecular formula is C19H19N3O4S. The van der Waals surface area contributed by atoms with Crippen LogP contribution in [0.1, 0.15) is 5.56 Å². The first-order valence-corrected chi connectivity index (χ1v) is 8.86. The quantitative estimate of drug-likeness (QED) is 0.654. The molecule has 0 saturated heterocycles. The average molecular weight is 385 g/mol. The fraction of sp³-hybridized carbons (Fsp3) is 0.263. The molecule has 0 unspecified atom stereocenters. The van der Waals surface area contributed by atoms with Crippen molar-refractivity contribution >= 4 is 12.2 Å². The molecule has 0 spiro atoms. The van der Waals surface area contributed by atoms with Crippen LogP contribution < -0.4 is 18.9 Å². The first kappa shape index (κ1) is 17.4. The van der Waals surface area contributed by atoms with Gasteiger partial charge >= 0.3 is 0 Å². The fourth-order valence-electron chi connectivity index (χ4n) is 3.06. The third kappa shape index (κ3) is 3.35. The van der Waals surface area contributed by atoms with Gasteiger partial charge in [-0.15, -0.1) is 0 Å². The van der Waals surface area contributed by atoms with E-state index in [0.717, 1.165) is 29.1 Å². The summed E-state index contributed by atoms with van der Waals surface area (Å²) >= 11 is 5.42. The molecule has 27 heavy (non-hydrogen) atoms. The Hall–Kier alpha value is -3.00. The van der Waals surface area contributed by atoms with Crippen LogP contribution in [0.3, 0.4) is 0 Å². The van der Waals surface area contributed by atoms with Crippen molar-refractivity contribution in [1.29, 1.82) is 0 Å². The molecule has 8 heteroatoms. The topological polar surface area (TPSA) is 70.5 Å². The maximum Gasteiger partial charge on any atom is 0.231 e. The highest BCUT2D eigenvalue weighted by Crippen LogP contribution is 2.35. The largest absolute Gasteiger partial charge is 0.493 e. The Labute approximate surface area is 161 Å². The van der Waals surface area contributed by atoms with Gasteiger partial charge in [-0.1, -0.05) is 6.07 Å². The molecular weight excluding hydrogens is 366 g/mol. The Morgan fingerprint density at radius 2 is 1.89 bits per heavy atom. The number of nitrogens with zero attached hydrogens (tertiary/aromatic N) is 2. The van der Waals surface area contributed by atoms with Crippen molar-refractivity contribution in [2.45, 2.75) is 13.0 Å². The fourth-order valence-corrected chi connectivity index (χ4v) is 3.28. The van der Waals surface area contributed by atoms with Gasteiger partial charge in [0.2, 0.25) is 6.79 Å². The van der Waals surface area contributed by atoms with Gasteiger partial charge in [0.15, 0.2) is 33.6 Å². The van der Waals surface area contributed by atoms with E-state index in [2.05, 4.69) is 10.2 Å². The first-order chi connectivity index (χ1) is 13.2. The van der Waals surface area contributed by atoms with E-state index in [1.807, 2.05) is 41.0 Å². The van der Waals surface area contributed by atoms with Crippen molar-refractivity contribution in [3.8, 4) is 34.4 Å². The second kappa shape index (κ2) is 7.32. The zero-order valence-electron chi connectivity index (χ0n) is 15.0. The van der Waals surface area contributed by atoms with Gasteiger partial charge in [-0.25, -0.2) is 0 Å². The van der Waals surface area contributed by atoms with Crippen LogP contribution >= 0.6 is 12.2 Å². The molecule has 2 aromatic carbocycles.